The van der Waals surface area contributed by atoms with E-state index < -0.39 is 0 Å². The maximum Gasteiger partial charge on any atom is 0.258 e. The smallest absolute Gasteiger partial charge is 0.258 e. The number of amides is 1. The maximum absolute atomic E-state index is 12.3. The number of nitrogens with one attached hydrogen (secondary N) is 1. The van der Waals surface area contributed by atoms with Crippen LogP contribution in [0.4, 0.5) is 0 Å². The van der Waals surface area contributed by atoms with E-state index in [1.807, 2.05) is 49.4 Å². The summed E-state index contributed by atoms with van der Waals surface area (Å²) in [5.74, 6) is 1.16. The Morgan fingerprint density at radius 2 is 1.70 bits per heavy atom. The van der Waals surface area contributed by atoms with Gasteiger partial charge in [-0.05, 0) is 36.5 Å². The molecule has 0 fully saturated rings. The van der Waals surface area contributed by atoms with Gasteiger partial charge in [-0.15, -0.1) is 0 Å². The highest BCUT2D eigenvalue weighted by Crippen LogP contribution is 2.21. The van der Waals surface area contributed by atoms with E-state index in [1.165, 1.54) is 0 Å². The van der Waals surface area contributed by atoms with Crippen molar-refractivity contribution in [3.8, 4) is 5.75 Å². The quantitative estimate of drug-likeness (QED) is 0.829. The number of ether oxygens (including phenoxy) is 1. The summed E-state index contributed by atoms with van der Waals surface area (Å²) in [4.78, 5) is 12.3. The fourth-order valence-electron chi connectivity index (χ4n) is 2.53. The van der Waals surface area contributed by atoms with Crippen molar-refractivity contribution in [2.45, 2.75) is 33.2 Å². The average Bonchev–Trinajstić information content (AvgIpc) is 2.54. The van der Waals surface area contributed by atoms with E-state index in [0.717, 1.165) is 23.3 Å². The summed E-state index contributed by atoms with van der Waals surface area (Å²) in [5.41, 5.74) is 2.16. The molecule has 3 nitrogen and oxygen atoms in total. The number of hydrogen-bond acceptors (Lipinski definition) is 2. The van der Waals surface area contributed by atoms with Crippen LogP contribution < -0.4 is 10.1 Å². The van der Waals surface area contributed by atoms with Crippen LogP contribution in [0.15, 0.2) is 54.6 Å². The Morgan fingerprint density at radius 3 is 2.35 bits per heavy atom. The van der Waals surface area contributed by atoms with E-state index in [-0.39, 0.29) is 18.6 Å². The molecule has 0 aliphatic heterocycles. The zero-order chi connectivity index (χ0) is 16.7. The van der Waals surface area contributed by atoms with E-state index >= 15 is 0 Å². The predicted octanol–water partition coefficient (Wildman–Crippen LogP) is 4.28. The normalized spacial score (nSPS) is 12.0. The number of para-hydroxylation sites is 1. The molecule has 2 rings (SSSR count). The zero-order valence-electron chi connectivity index (χ0n) is 14.1. The second-order valence-electron chi connectivity index (χ2n) is 6.21. The van der Waals surface area contributed by atoms with Gasteiger partial charge in [-0.3, -0.25) is 4.79 Å². The van der Waals surface area contributed by atoms with Crippen molar-refractivity contribution in [2.75, 3.05) is 6.61 Å². The Kier molecular flexibility index (Phi) is 6.21. The minimum atomic E-state index is -0.0947. The van der Waals surface area contributed by atoms with Crippen molar-refractivity contribution in [3.05, 3.63) is 65.7 Å². The zero-order valence-corrected chi connectivity index (χ0v) is 14.1. The summed E-state index contributed by atoms with van der Waals surface area (Å²) in [6, 6.07) is 17.8. The lowest BCUT2D eigenvalue weighted by Crippen LogP contribution is -2.33. The number of carbonyl (C=O) groups is 1. The van der Waals surface area contributed by atoms with E-state index in [4.69, 9.17) is 4.74 Å². The lowest BCUT2D eigenvalue weighted by atomic mass is 9.97. The van der Waals surface area contributed by atoms with Crippen molar-refractivity contribution >= 4 is 5.91 Å². The molecule has 0 aliphatic carbocycles. The summed E-state index contributed by atoms with van der Waals surface area (Å²) in [6.07, 6.45) is 0.903. The van der Waals surface area contributed by atoms with Crippen molar-refractivity contribution in [1.82, 2.24) is 5.32 Å². The first-order valence-corrected chi connectivity index (χ1v) is 8.09. The number of benzene rings is 2. The fourth-order valence-corrected chi connectivity index (χ4v) is 2.53. The van der Waals surface area contributed by atoms with Crippen LogP contribution >= 0.6 is 0 Å². The van der Waals surface area contributed by atoms with Gasteiger partial charge in [0.15, 0.2) is 6.61 Å². The number of rotatable bonds is 7. The summed E-state index contributed by atoms with van der Waals surface area (Å²) in [5, 5.41) is 3.09. The van der Waals surface area contributed by atoms with Crippen LogP contribution in [0.3, 0.4) is 0 Å². The van der Waals surface area contributed by atoms with Gasteiger partial charge in [-0.2, -0.15) is 0 Å². The molecule has 0 saturated heterocycles. The highest BCUT2D eigenvalue weighted by atomic mass is 16.5. The first kappa shape index (κ1) is 17.1. The average molecular weight is 311 g/mol. The molecule has 0 spiro atoms. The van der Waals surface area contributed by atoms with Crippen LogP contribution in [-0.4, -0.2) is 12.5 Å². The van der Waals surface area contributed by atoms with Crippen LogP contribution in [0.1, 0.15) is 37.4 Å². The molecule has 0 radical (unpaired) electrons. The maximum atomic E-state index is 12.3. The Balaban J connectivity index is 1.96. The SMILES string of the molecule is Cc1ccccc1OCC(=O)N[C@@H](CC(C)C)c1ccccc1. The van der Waals surface area contributed by atoms with E-state index in [1.54, 1.807) is 0 Å². The molecule has 122 valence electrons. The van der Waals surface area contributed by atoms with Crippen LogP contribution in [0.5, 0.6) is 5.75 Å². The van der Waals surface area contributed by atoms with Crippen molar-refractivity contribution in [2.24, 2.45) is 5.92 Å². The van der Waals surface area contributed by atoms with Gasteiger partial charge in [0, 0.05) is 0 Å². The van der Waals surface area contributed by atoms with E-state index in [2.05, 4.69) is 31.3 Å². The fraction of sp³-hybridized carbons (Fsp3) is 0.350. The summed E-state index contributed by atoms with van der Waals surface area (Å²) < 4.78 is 5.63. The molecule has 2 aromatic carbocycles. The third-order valence-electron chi connectivity index (χ3n) is 3.70. The number of hydrogen-bond donors (Lipinski definition) is 1. The second kappa shape index (κ2) is 8.37. The first-order valence-electron chi connectivity index (χ1n) is 8.09. The Bertz CT molecular complexity index is 623. The highest BCUT2D eigenvalue weighted by molar-refractivity contribution is 5.78. The number of aryl methyl sites for hydroxylation is 1. The monoisotopic (exact) mass is 311 g/mol. The predicted molar refractivity (Wildman–Crippen MR) is 93.5 cm³/mol. The highest BCUT2D eigenvalue weighted by Gasteiger charge is 2.16. The molecule has 0 saturated carbocycles. The van der Waals surface area contributed by atoms with Crippen molar-refractivity contribution < 1.29 is 9.53 Å². The molecule has 1 N–H and O–H groups in total. The molecule has 3 heteroatoms. The second-order valence-corrected chi connectivity index (χ2v) is 6.21. The minimum Gasteiger partial charge on any atom is -0.484 e. The van der Waals surface area contributed by atoms with Crippen molar-refractivity contribution in [1.29, 1.82) is 0 Å². The van der Waals surface area contributed by atoms with Gasteiger partial charge in [-0.1, -0.05) is 62.4 Å². The molecule has 2 aromatic rings. The molecular weight excluding hydrogens is 286 g/mol. The summed E-state index contributed by atoms with van der Waals surface area (Å²) >= 11 is 0. The minimum absolute atomic E-state index is 0.0178. The third kappa shape index (κ3) is 5.44. The van der Waals surface area contributed by atoms with Gasteiger partial charge in [0.1, 0.15) is 5.75 Å². The molecule has 0 aromatic heterocycles. The van der Waals surface area contributed by atoms with E-state index in [9.17, 15) is 4.79 Å². The Labute approximate surface area is 138 Å². The van der Waals surface area contributed by atoms with Crippen LogP contribution in [0.2, 0.25) is 0 Å². The van der Waals surface area contributed by atoms with Gasteiger partial charge >= 0.3 is 0 Å². The first-order chi connectivity index (χ1) is 11.1. The molecule has 23 heavy (non-hydrogen) atoms. The van der Waals surface area contributed by atoms with Gasteiger partial charge in [0.25, 0.3) is 5.91 Å². The molecule has 0 bridgehead atoms. The third-order valence-corrected chi connectivity index (χ3v) is 3.70. The van der Waals surface area contributed by atoms with Crippen LogP contribution in [0, 0.1) is 12.8 Å². The Morgan fingerprint density at radius 1 is 1.04 bits per heavy atom. The molecule has 0 heterocycles. The number of carbonyl (C=O) groups excluding carboxylic acids is 1. The van der Waals surface area contributed by atoms with Crippen LogP contribution in [-0.2, 0) is 4.79 Å². The van der Waals surface area contributed by atoms with Gasteiger partial charge in [0.2, 0.25) is 0 Å². The topological polar surface area (TPSA) is 38.3 Å². The van der Waals surface area contributed by atoms with Crippen molar-refractivity contribution in [3.63, 3.8) is 0 Å². The summed E-state index contributed by atoms with van der Waals surface area (Å²) in [6.45, 7) is 6.32. The van der Waals surface area contributed by atoms with Gasteiger partial charge in [-0.25, -0.2) is 0 Å². The van der Waals surface area contributed by atoms with Crippen LogP contribution in [0.25, 0.3) is 0 Å². The summed E-state index contributed by atoms with van der Waals surface area (Å²) in [7, 11) is 0. The molecule has 1 amide bonds. The molecule has 1 atom stereocenters. The standard InChI is InChI=1S/C20H25NO2/c1-15(2)13-18(17-10-5-4-6-11-17)21-20(22)14-23-19-12-8-7-9-16(19)3/h4-12,15,18H,13-14H2,1-3H3,(H,21,22)/t18-/m0/s1. The van der Waals surface area contributed by atoms with Gasteiger partial charge in [0.05, 0.1) is 6.04 Å². The molecule has 0 unspecified atom stereocenters. The largest absolute Gasteiger partial charge is 0.484 e. The lowest BCUT2D eigenvalue weighted by molar-refractivity contribution is -0.124. The van der Waals surface area contributed by atoms with Gasteiger partial charge < -0.3 is 10.1 Å². The molecular formula is C20H25NO2. The lowest BCUT2D eigenvalue weighted by Gasteiger charge is -2.21. The molecule has 0 aliphatic rings. The van der Waals surface area contributed by atoms with E-state index in [0.29, 0.717) is 5.92 Å². The Hall–Kier alpha value is -2.29.